The molecule has 0 fully saturated rings. The van der Waals surface area contributed by atoms with E-state index in [2.05, 4.69) is 23.0 Å². The molecule has 2 aromatic heterocycles. The predicted molar refractivity (Wildman–Crippen MR) is 72.7 cm³/mol. The molecule has 18 heavy (non-hydrogen) atoms. The summed E-state index contributed by atoms with van der Waals surface area (Å²) >= 11 is 0. The van der Waals surface area contributed by atoms with Gasteiger partial charge in [-0.2, -0.15) is 0 Å². The van der Waals surface area contributed by atoms with E-state index >= 15 is 0 Å². The molecule has 3 nitrogen and oxygen atoms in total. The Morgan fingerprint density at radius 2 is 2.22 bits per heavy atom. The highest BCUT2D eigenvalue weighted by molar-refractivity contribution is 5.89. The summed E-state index contributed by atoms with van der Waals surface area (Å²) < 4.78 is 5.40. The van der Waals surface area contributed by atoms with E-state index in [-0.39, 0.29) is 0 Å². The van der Waals surface area contributed by atoms with Crippen LogP contribution in [0.5, 0.6) is 5.88 Å². The molecular formula is C15H16N2O. The molecule has 1 aliphatic rings. The first-order valence-electron chi connectivity index (χ1n) is 6.30. The van der Waals surface area contributed by atoms with Crippen LogP contribution in [-0.4, -0.2) is 17.1 Å². The third-order valence-electron chi connectivity index (χ3n) is 3.50. The van der Waals surface area contributed by atoms with Crippen molar-refractivity contribution in [3.8, 4) is 5.88 Å². The highest BCUT2D eigenvalue weighted by atomic mass is 16.5. The second-order valence-corrected chi connectivity index (χ2v) is 4.62. The molecule has 0 spiro atoms. The summed E-state index contributed by atoms with van der Waals surface area (Å²) in [7, 11) is 1.66. The zero-order chi connectivity index (χ0) is 12.5. The van der Waals surface area contributed by atoms with Crippen LogP contribution in [0.3, 0.4) is 0 Å². The Labute approximate surface area is 107 Å². The van der Waals surface area contributed by atoms with Crippen LogP contribution in [0.4, 0.5) is 0 Å². The molecule has 1 aliphatic carbocycles. The number of methoxy groups -OCH3 is 1. The molecule has 0 saturated heterocycles. The van der Waals surface area contributed by atoms with Gasteiger partial charge < -0.3 is 4.74 Å². The van der Waals surface area contributed by atoms with Gasteiger partial charge in [0.05, 0.1) is 23.7 Å². The number of ether oxygens (including phenoxy) is 1. The lowest BCUT2D eigenvalue weighted by Gasteiger charge is -2.12. The topological polar surface area (TPSA) is 35.0 Å². The highest BCUT2D eigenvalue weighted by Gasteiger charge is 2.16. The number of aryl methyl sites for hydroxylation is 1. The van der Waals surface area contributed by atoms with Gasteiger partial charge in [-0.25, -0.2) is 4.98 Å². The summed E-state index contributed by atoms with van der Waals surface area (Å²) in [4.78, 5) is 9.14. The first-order chi connectivity index (χ1) is 8.81. The van der Waals surface area contributed by atoms with Crippen molar-refractivity contribution in [3.05, 3.63) is 35.7 Å². The largest absolute Gasteiger partial charge is 0.480 e. The van der Waals surface area contributed by atoms with Gasteiger partial charge in [0.25, 0.3) is 0 Å². The Bertz CT molecular complexity index is 632. The van der Waals surface area contributed by atoms with E-state index in [4.69, 9.17) is 4.74 Å². The molecule has 0 saturated carbocycles. The van der Waals surface area contributed by atoms with Gasteiger partial charge in [-0.1, -0.05) is 6.08 Å². The lowest BCUT2D eigenvalue weighted by atomic mass is 10.0. The van der Waals surface area contributed by atoms with Gasteiger partial charge in [0.1, 0.15) is 0 Å². The first-order valence-corrected chi connectivity index (χ1v) is 6.30. The van der Waals surface area contributed by atoms with Crippen molar-refractivity contribution in [2.75, 3.05) is 7.11 Å². The summed E-state index contributed by atoms with van der Waals surface area (Å²) in [5.41, 5.74) is 4.53. The van der Waals surface area contributed by atoms with Crippen LogP contribution in [-0.2, 0) is 0 Å². The summed E-state index contributed by atoms with van der Waals surface area (Å²) in [6, 6.07) is 3.93. The molecule has 2 aromatic rings. The van der Waals surface area contributed by atoms with Gasteiger partial charge in [-0.3, -0.25) is 4.98 Å². The summed E-state index contributed by atoms with van der Waals surface area (Å²) in [5.74, 6) is 0.673. The fourth-order valence-corrected chi connectivity index (χ4v) is 2.59. The molecule has 0 unspecified atom stereocenters. The number of allylic oxidation sites excluding steroid dienone is 2. The quantitative estimate of drug-likeness (QED) is 0.805. The smallest absolute Gasteiger partial charge is 0.223 e. The molecular weight excluding hydrogens is 224 g/mol. The maximum atomic E-state index is 5.40. The first kappa shape index (κ1) is 11.2. The number of hydrogen-bond donors (Lipinski definition) is 0. The SMILES string of the molecule is COc1nc(C2=CCCC2)c(C)c2ncccc12. The van der Waals surface area contributed by atoms with Gasteiger partial charge in [0.15, 0.2) is 0 Å². The van der Waals surface area contributed by atoms with Crippen LogP contribution in [0.15, 0.2) is 24.4 Å². The summed E-state index contributed by atoms with van der Waals surface area (Å²) in [6.07, 6.45) is 7.58. The van der Waals surface area contributed by atoms with Gasteiger partial charge >= 0.3 is 0 Å². The molecule has 3 rings (SSSR count). The van der Waals surface area contributed by atoms with Crippen molar-refractivity contribution in [2.45, 2.75) is 26.2 Å². The number of aromatic nitrogens is 2. The minimum Gasteiger partial charge on any atom is -0.480 e. The van der Waals surface area contributed by atoms with Crippen molar-refractivity contribution < 1.29 is 4.74 Å². The Kier molecular flexibility index (Phi) is 2.74. The molecule has 0 atom stereocenters. The normalized spacial score (nSPS) is 14.9. The van der Waals surface area contributed by atoms with Gasteiger partial charge in [0, 0.05) is 11.8 Å². The van der Waals surface area contributed by atoms with E-state index in [1.54, 1.807) is 7.11 Å². The molecule has 2 heterocycles. The number of fused-ring (bicyclic) bond motifs is 1. The average molecular weight is 240 g/mol. The molecule has 0 N–H and O–H groups in total. The average Bonchev–Trinajstić information content (AvgIpc) is 2.93. The van der Waals surface area contributed by atoms with Crippen LogP contribution in [0, 0.1) is 6.92 Å². The number of pyridine rings is 2. The third-order valence-corrected chi connectivity index (χ3v) is 3.50. The van der Waals surface area contributed by atoms with Gasteiger partial charge in [-0.05, 0) is 43.9 Å². The predicted octanol–water partition coefficient (Wildman–Crippen LogP) is 3.51. The number of rotatable bonds is 2. The van der Waals surface area contributed by atoms with Crippen molar-refractivity contribution in [3.63, 3.8) is 0 Å². The maximum absolute atomic E-state index is 5.40. The van der Waals surface area contributed by atoms with E-state index in [1.807, 2.05) is 18.3 Å². The third kappa shape index (κ3) is 1.67. The van der Waals surface area contributed by atoms with Crippen LogP contribution >= 0.6 is 0 Å². The Hall–Kier alpha value is -1.90. The molecule has 0 amide bonds. The molecule has 0 radical (unpaired) electrons. The zero-order valence-corrected chi connectivity index (χ0v) is 10.7. The van der Waals surface area contributed by atoms with Crippen molar-refractivity contribution in [1.29, 1.82) is 0 Å². The van der Waals surface area contributed by atoms with Crippen LogP contribution in [0.25, 0.3) is 16.5 Å². The summed E-state index contributed by atoms with van der Waals surface area (Å²) in [6.45, 7) is 2.09. The highest BCUT2D eigenvalue weighted by Crippen LogP contribution is 2.34. The fraction of sp³-hybridized carbons (Fsp3) is 0.333. The number of hydrogen-bond acceptors (Lipinski definition) is 3. The van der Waals surface area contributed by atoms with Crippen LogP contribution in [0.1, 0.15) is 30.5 Å². The minimum atomic E-state index is 0.673. The lowest BCUT2D eigenvalue weighted by Crippen LogP contribution is -1.99. The van der Waals surface area contributed by atoms with Crippen molar-refractivity contribution >= 4 is 16.5 Å². The summed E-state index contributed by atoms with van der Waals surface area (Å²) in [5, 5.41) is 0.986. The van der Waals surface area contributed by atoms with Gasteiger partial charge in [-0.15, -0.1) is 0 Å². The van der Waals surface area contributed by atoms with E-state index in [1.165, 1.54) is 12.0 Å². The van der Waals surface area contributed by atoms with E-state index in [0.717, 1.165) is 35.0 Å². The van der Waals surface area contributed by atoms with Crippen LogP contribution < -0.4 is 4.74 Å². The number of nitrogens with zero attached hydrogens (tertiary/aromatic N) is 2. The molecule has 92 valence electrons. The second-order valence-electron chi connectivity index (χ2n) is 4.62. The molecule has 0 bridgehead atoms. The molecule has 3 heteroatoms. The van der Waals surface area contributed by atoms with Crippen LogP contribution in [0.2, 0.25) is 0 Å². The zero-order valence-electron chi connectivity index (χ0n) is 10.7. The maximum Gasteiger partial charge on any atom is 0.223 e. The van der Waals surface area contributed by atoms with Gasteiger partial charge in [0.2, 0.25) is 5.88 Å². The minimum absolute atomic E-state index is 0.673. The Balaban J connectivity index is 2.30. The molecule has 0 aromatic carbocycles. The van der Waals surface area contributed by atoms with E-state index < -0.39 is 0 Å². The van der Waals surface area contributed by atoms with E-state index in [9.17, 15) is 0 Å². The lowest BCUT2D eigenvalue weighted by molar-refractivity contribution is 0.402. The molecule has 0 aliphatic heterocycles. The Morgan fingerprint density at radius 3 is 2.94 bits per heavy atom. The standard InChI is InChI=1S/C15H16N2O/c1-10-13(11-6-3-4-7-11)17-15(18-2)12-8-5-9-16-14(10)12/h5-6,8-9H,3-4,7H2,1-2H3. The fourth-order valence-electron chi connectivity index (χ4n) is 2.59. The monoisotopic (exact) mass is 240 g/mol. The second kappa shape index (κ2) is 4.41. The van der Waals surface area contributed by atoms with Crippen molar-refractivity contribution in [1.82, 2.24) is 9.97 Å². The Morgan fingerprint density at radius 1 is 1.33 bits per heavy atom. The van der Waals surface area contributed by atoms with Crippen molar-refractivity contribution in [2.24, 2.45) is 0 Å². The van der Waals surface area contributed by atoms with E-state index in [0.29, 0.717) is 5.88 Å².